The summed E-state index contributed by atoms with van der Waals surface area (Å²) in [4.78, 5) is 5.45. The lowest BCUT2D eigenvalue weighted by Crippen LogP contribution is -2.18. The molecule has 0 saturated carbocycles. The Morgan fingerprint density at radius 1 is 1.33 bits per heavy atom. The lowest BCUT2D eigenvalue weighted by molar-refractivity contribution is 0.595. The number of thiazole rings is 1. The molecule has 2 rings (SSSR count). The first-order chi connectivity index (χ1) is 8.61. The summed E-state index contributed by atoms with van der Waals surface area (Å²) in [5.41, 5.74) is 5.80. The second-order valence-corrected chi connectivity index (χ2v) is 6.25. The maximum absolute atomic E-state index is 4.14. The molecule has 0 fully saturated rings. The van der Waals surface area contributed by atoms with Gasteiger partial charge in [-0.1, -0.05) is 28.1 Å². The SMILES string of the molecule is CNC(Cc1cncs1)c1cc(C)c(Br)c(C)c1. The van der Waals surface area contributed by atoms with E-state index in [9.17, 15) is 0 Å². The smallest absolute Gasteiger partial charge is 0.0794 e. The van der Waals surface area contributed by atoms with Crippen molar-refractivity contribution in [2.24, 2.45) is 0 Å². The summed E-state index contributed by atoms with van der Waals surface area (Å²) in [6.07, 6.45) is 2.94. The molecule has 4 heteroatoms. The van der Waals surface area contributed by atoms with Crippen molar-refractivity contribution in [1.82, 2.24) is 10.3 Å². The molecule has 96 valence electrons. The molecule has 1 aromatic heterocycles. The Bertz CT molecular complexity index is 500. The first-order valence-corrected chi connectivity index (χ1v) is 7.60. The fourth-order valence-corrected chi connectivity index (χ4v) is 2.98. The summed E-state index contributed by atoms with van der Waals surface area (Å²) in [5, 5.41) is 3.39. The molecule has 1 N–H and O–H groups in total. The minimum absolute atomic E-state index is 0.343. The van der Waals surface area contributed by atoms with Gasteiger partial charge in [0.25, 0.3) is 0 Å². The Morgan fingerprint density at radius 2 is 2.00 bits per heavy atom. The average Bonchev–Trinajstić information content (AvgIpc) is 2.85. The molecule has 0 aliphatic carbocycles. The van der Waals surface area contributed by atoms with Crippen LogP contribution in [0, 0.1) is 13.8 Å². The number of hydrogen-bond acceptors (Lipinski definition) is 3. The number of nitrogens with zero attached hydrogens (tertiary/aromatic N) is 1. The van der Waals surface area contributed by atoms with Crippen molar-refractivity contribution in [3.63, 3.8) is 0 Å². The Morgan fingerprint density at radius 3 is 2.50 bits per heavy atom. The van der Waals surface area contributed by atoms with Crippen LogP contribution in [0.25, 0.3) is 0 Å². The molecule has 2 aromatic rings. The van der Waals surface area contributed by atoms with Crippen molar-refractivity contribution in [1.29, 1.82) is 0 Å². The van der Waals surface area contributed by atoms with Crippen molar-refractivity contribution < 1.29 is 0 Å². The van der Waals surface area contributed by atoms with Gasteiger partial charge in [-0.3, -0.25) is 4.98 Å². The van der Waals surface area contributed by atoms with Crippen LogP contribution in [0.15, 0.2) is 28.3 Å². The minimum Gasteiger partial charge on any atom is -0.313 e. The number of nitrogens with one attached hydrogen (secondary N) is 1. The van der Waals surface area contributed by atoms with E-state index >= 15 is 0 Å². The zero-order valence-electron chi connectivity index (χ0n) is 10.8. The van der Waals surface area contributed by atoms with Crippen LogP contribution in [0.3, 0.4) is 0 Å². The maximum Gasteiger partial charge on any atom is 0.0794 e. The molecule has 1 aromatic carbocycles. The predicted octanol–water partition coefficient (Wildman–Crippen LogP) is 4.03. The molecule has 0 aliphatic rings. The molecule has 0 spiro atoms. The van der Waals surface area contributed by atoms with E-state index in [0.717, 1.165) is 6.42 Å². The van der Waals surface area contributed by atoms with Gasteiger partial charge in [0.05, 0.1) is 5.51 Å². The summed E-state index contributed by atoms with van der Waals surface area (Å²) < 4.78 is 1.21. The number of likely N-dealkylation sites (N-methyl/N-ethyl adjacent to an activating group) is 1. The molecule has 1 unspecified atom stereocenters. The highest BCUT2D eigenvalue weighted by molar-refractivity contribution is 9.10. The van der Waals surface area contributed by atoms with Gasteiger partial charge in [-0.2, -0.15) is 0 Å². The van der Waals surface area contributed by atoms with Crippen molar-refractivity contribution in [3.8, 4) is 0 Å². The Labute approximate surface area is 121 Å². The van der Waals surface area contributed by atoms with Gasteiger partial charge >= 0.3 is 0 Å². The van der Waals surface area contributed by atoms with Crippen LogP contribution < -0.4 is 5.32 Å². The number of halogens is 1. The molecular formula is C14H17BrN2S. The lowest BCUT2D eigenvalue weighted by Gasteiger charge is -2.18. The first-order valence-electron chi connectivity index (χ1n) is 5.93. The van der Waals surface area contributed by atoms with E-state index in [1.165, 1.54) is 26.0 Å². The zero-order valence-corrected chi connectivity index (χ0v) is 13.2. The summed E-state index contributed by atoms with van der Waals surface area (Å²) in [6, 6.07) is 4.84. The van der Waals surface area contributed by atoms with Crippen molar-refractivity contribution in [2.75, 3.05) is 7.05 Å². The summed E-state index contributed by atoms with van der Waals surface area (Å²) >= 11 is 5.33. The zero-order chi connectivity index (χ0) is 13.1. The minimum atomic E-state index is 0.343. The molecule has 0 aliphatic heterocycles. The molecule has 0 amide bonds. The van der Waals surface area contributed by atoms with Crippen molar-refractivity contribution >= 4 is 27.3 Å². The number of aromatic nitrogens is 1. The second-order valence-electron chi connectivity index (χ2n) is 4.48. The van der Waals surface area contributed by atoms with Gasteiger partial charge in [0.2, 0.25) is 0 Å². The highest BCUT2D eigenvalue weighted by atomic mass is 79.9. The fraction of sp³-hybridized carbons (Fsp3) is 0.357. The monoisotopic (exact) mass is 324 g/mol. The van der Waals surface area contributed by atoms with Gasteiger partial charge < -0.3 is 5.32 Å². The van der Waals surface area contributed by atoms with E-state index in [0.29, 0.717) is 6.04 Å². The van der Waals surface area contributed by atoms with Gasteiger partial charge in [-0.05, 0) is 37.6 Å². The van der Waals surface area contributed by atoms with E-state index < -0.39 is 0 Å². The van der Waals surface area contributed by atoms with Crippen LogP contribution in [0.4, 0.5) is 0 Å². The van der Waals surface area contributed by atoms with Gasteiger partial charge in [-0.25, -0.2) is 0 Å². The molecule has 0 saturated heterocycles. The standard InChI is InChI=1S/C14H17BrN2S/c1-9-4-11(5-10(2)14(9)15)13(16-3)6-12-7-17-8-18-12/h4-5,7-8,13,16H,6H2,1-3H3. The van der Waals surface area contributed by atoms with Crippen LogP contribution >= 0.6 is 27.3 Å². The molecule has 1 heterocycles. The van der Waals surface area contributed by atoms with E-state index in [1.54, 1.807) is 11.3 Å². The molecule has 0 radical (unpaired) electrons. The molecular weight excluding hydrogens is 308 g/mol. The highest BCUT2D eigenvalue weighted by Gasteiger charge is 2.13. The van der Waals surface area contributed by atoms with Crippen LogP contribution in [0.1, 0.15) is 27.6 Å². The fourth-order valence-electron chi connectivity index (χ4n) is 2.11. The third kappa shape index (κ3) is 2.99. The lowest BCUT2D eigenvalue weighted by atomic mass is 9.99. The van der Waals surface area contributed by atoms with Crippen LogP contribution in [0.2, 0.25) is 0 Å². The highest BCUT2D eigenvalue weighted by Crippen LogP contribution is 2.27. The Hall–Kier alpha value is -0.710. The maximum atomic E-state index is 4.14. The number of rotatable bonds is 4. The van der Waals surface area contributed by atoms with E-state index in [2.05, 4.69) is 52.2 Å². The van der Waals surface area contributed by atoms with E-state index in [4.69, 9.17) is 0 Å². The normalized spacial score (nSPS) is 12.7. The Kier molecular flexibility index (Phi) is 4.54. The van der Waals surface area contributed by atoms with Gasteiger partial charge in [-0.15, -0.1) is 11.3 Å². The van der Waals surface area contributed by atoms with Crippen LogP contribution in [-0.2, 0) is 6.42 Å². The quantitative estimate of drug-likeness (QED) is 0.918. The topological polar surface area (TPSA) is 24.9 Å². The number of aryl methyl sites for hydroxylation is 2. The molecule has 18 heavy (non-hydrogen) atoms. The largest absolute Gasteiger partial charge is 0.313 e. The summed E-state index contributed by atoms with van der Waals surface area (Å²) in [7, 11) is 2.01. The first kappa shape index (κ1) is 13.7. The Balaban J connectivity index is 2.27. The molecule has 2 nitrogen and oxygen atoms in total. The van der Waals surface area contributed by atoms with Crippen LogP contribution in [-0.4, -0.2) is 12.0 Å². The third-order valence-electron chi connectivity index (χ3n) is 3.10. The number of hydrogen-bond donors (Lipinski definition) is 1. The van der Waals surface area contributed by atoms with Crippen molar-refractivity contribution in [2.45, 2.75) is 26.3 Å². The molecule has 0 bridgehead atoms. The number of benzene rings is 1. The average molecular weight is 325 g/mol. The van der Waals surface area contributed by atoms with Crippen molar-refractivity contribution in [3.05, 3.63) is 49.9 Å². The van der Waals surface area contributed by atoms with E-state index in [1.807, 2.05) is 18.8 Å². The van der Waals surface area contributed by atoms with E-state index in [-0.39, 0.29) is 0 Å². The van der Waals surface area contributed by atoms with Gasteiger partial charge in [0, 0.05) is 28.0 Å². The van der Waals surface area contributed by atoms with Gasteiger partial charge in [0.1, 0.15) is 0 Å². The second kappa shape index (κ2) is 5.95. The molecule has 1 atom stereocenters. The third-order valence-corrected chi connectivity index (χ3v) is 5.15. The van der Waals surface area contributed by atoms with Crippen LogP contribution in [0.5, 0.6) is 0 Å². The summed E-state index contributed by atoms with van der Waals surface area (Å²) in [5.74, 6) is 0. The van der Waals surface area contributed by atoms with Gasteiger partial charge in [0.15, 0.2) is 0 Å². The summed E-state index contributed by atoms with van der Waals surface area (Å²) in [6.45, 7) is 4.28. The predicted molar refractivity (Wildman–Crippen MR) is 81.2 cm³/mol.